The van der Waals surface area contributed by atoms with Gasteiger partial charge in [-0.15, -0.1) is 11.3 Å². The first-order valence-corrected chi connectivity index (χ1v) is 8.70. The van der Waals surface area contributed by atoms with Crippen LogP contribution in [-0.2, 0) is 0 Å². The van der Waals surface area contributed by atoms with Crippen molar-refractivity contribution in [1.29, 1.82) is 0 Å². The van der Waals surface area contributed by atoms with Crippen LogP contribution < -0.4 is 0 Å². The third kappa shape index (κ3) is 7.51. The number of hydrogen-bond acceptors (Lipinski definition) is 2. The van der Waals surface area contributed by atoms with E-state index in [0.717, 1.165) is 18.4 Å². The van der Waals surface area contributed by atoms with Crippen LogP contribution >= 0.6 is 11.3 Å². The van der Waals surface area contributed by atoms with E-state index in [0.29, 0.717) is 5.78 Å². The van der Waals surface area contributed by atoms with Gasteiger partial charge in [-0.2, -0.15) is 0 Å². The molecule has 1 aromatic heterocycles. The highest BCUT2D eigenvalue weighted by molar-refractivity contribution is 7.10. The molecular weight excluding hydrogens is 252 g/mol. The van der Waals surface area contributed by atoms with Gasteiger partial charge in [-0.05, 0) is 19.4 Å². The normalized spacial score (nSPS) is 10.8. The second-order valence-corrected chi connectivity index (χ2v) is 6.56. The molecule has 1 nitrogen and oxygen atoms in total. The molecule has 19 heavy (non-hydrogen) atoms. The molecule has 0 aromatic carbocycles. The van der Waals surface area contributed by atoms with Gasteiger partial charge < -0.3 is 0 Å². The molecule has 1 aromatic rings. The molecule has 0 aliphatic carbocycles. The van der Waals surface area contributed by atoms with Crippen molar-refractivity contribution < 1.29 is 4.79 Å². The Morgan fingerprint density at radius 1 is 1.00 bits per heavy atom. The molecule has 0 N–H and O–H groups in total. The zero-order valence-corrected chi connectivity index (χ0v) is 13.4. The fourth-order valence-electron chi connectivity index (χ4n) is 2.33. The molecule has 0 bridgehead atoms. The number of carbonyl (C=O) groups is 1. The van der Waals surface area contributed by atoms with Crippen LogP contribution in [0.1, 0.15) is 86.4 Å². The van der Waals surface area contributed by atoms with Crippen LogP contribution in [0, 0.1) is 6.92 Å². The number of thiophene rings is 1. The lowest BCUT2D eigenvalue weighted by Gasteiger charge is -2.01. The van der Waals surface area contributed by atoms with E-state index in [1.807, 2.05) is 11.4 Å². The molecule has 2 heteroatoms. The lowest BCUT2D eigenvalue weighted by molar-refractivity contribution is 0.0979. The van der Waals surface area contributed by atoms with E-state index in [1.54, 1.807) is 11.3 Å². The molecule has 1 rings (SSSR count). The maximum absolute atomic E-state index is 11.9. The van der Waals surface area contributed by atoms with Gasteiger partial charge in [-0.3, -0.25) is 4.79 Å². The van der Waals surface area contributed by atoms with E-state index >= 15 is 0 Å². The Bertz CT molecular complexity index is 354. The maximum atomic E-state index is 11.9. The van der Waals surface area contributed by atoms with Crippen LogP contribution in [0.15, 0.2) is 11.4 Å². The van der Waals surface area contributed by atoms with E-state index in [-0.39, 0.29) is 0 Å². The number of rotatable bonds is 11. The van der Waals surface area contributed by atoms with Gasteiger partial charge in [0.05, 0.1) is 0 Å². The van der Waals surface area contributed by atoms with E-state index in [4.69, 9.17) is 0 Å². The van der Waals surface area contributed by atoms with Crippen LogP contribution in [0.2, 0.25) is 0 Å². The third-order valence-corrected chi connectivity index (χ3v) is 4.42. The largest absolute Gasteiger partial charge is 0.294 e. The number of ketones is 1. The Hall–Kier alpha value is -0.630. The van der Waals surface area contributed by atoms with E-state index < -0.39 is 0 Å². The van der Waals surface area contributed by atoms with Crippen molar-refractivity contribution in [3.05, 3.63) is 21.9 Å². The SMILES string of the molecule is CCCCCCCCCCCC(=O)c1csc(C)c1. The monoisotopic (exact) mass is 280 g/mol. The van der Waals surface area contributed by atoms with Crippen LogP contribution in [-0.4, -0.2) is 5.78 Å². The Balaban J connectivity index is 1.95. The summed E-state index contributed by atoms with van der Waals surface area (Å²) in [7, 11) is 0. The van der Waals surface area contributed by atoms with Crippen molar-refractivity contribution >= 4 is 17.1 Å². The van der Waals surface area contributed by atoms with Crippen molar-refractivity contribution in [2.75, 3.05) is 0 Å². The number of Topliss-reactive ketones (excluding diaryl/α,β-unsaturated/α-hetero) is 1. The number of carbonyl (C=O) groups excluding carboxylic acids is 1. The van der Waals surface area contributed by atoms with Gasteiger partial charge in [0.1, 0.15) is 0 Å². The van der Waals surface area contributed by atoms with Crippen LogP contribution in [0.3, 0.4) is 0 Å². The minimum absolute atomic E-state index is 0.326. The fraction of sp³-hybridized carbons (Fsp3) is 0.706. The molecule has 0 spiro atoms. The second kappa shape index (κ2) is 10.2. The van der Waals surface area contributed by atoms with Crippen LogP contribution in [0.25, 0.3) is 0 Å². The maximum Gasteiger partial charge on any atom is 0.163 e. The van der Waals surface area contributed by atoms with E-state index in [2.05, 4.69) is 13.8 Å². The van der Waals surface area contributed by atoms with Gasteiger partial charge >= 0.3 is 0 Å². The Morgan fingerprint density at radius 3 is 2.11 bits per heavy atom. The summed E-state index contributed by atoms with van der Waals surface area (Å²) in [5.74, 6) is 0.326. The second-order valence-electron chi connectivity index (χ2n) is 5.45. The van der Waals surface area contributed by atoms with Crippen molar-refractivity contribution in [3.8, 4) is 0 Å². The lowest BCUT2D eigenvalue weighted by atomic mass is 10.0. The van der Waals surface area contributed by atoms with Gasteiger partial charge in [0.15, 0.2) is 5.78 Å². The first kappa shape index (κ1) is 16.4. The minimum atomic E-state index is 0.326. The van der Waals surface area contributed by atoms with Gasteiger partial charge in [-0.1, -0.05) is 58.3 Å². The van der Waals surface area contributed by atoms with E-state index in [1.165, 1.54) is 56.2 Å². The zero-order valence-electron chi connectivity index (χ0n) is 12.5. The quantitative estimate of drug-likeness (QED) is 0.350. The molecular formula is C17H28OS. The first-order chi connectivity index (χ1) is 9.24. The predicted octanol–water partition coefficient (Wildman–Crippen LogP) is 6.16. The van der Waals surface area contributed by atoms with Gasteiger partial charge in [0, 0.05) is 22.2 Å². The number of aryl methyl sites for hydroxylation is 1. The van der Waals surface area contributed by atoms with Gasteiger partial charge in [-0.25, -0.2) is 0 Å². The molecule has 0 saturated heterocycles. The van der Waals surface area contributed by atoms with E-state index in [9.17, 15) is 4.79 Å². The highest BCUT2D eigenvalue weighted by Crippen LogP contribution is 2.17. The standard InChI is InChI=1S/C17H28OS/c1-3-4-5-6-7-8-9-10-11-12-17(18)16-13-15(2)19-14-16/h13-14H,3-12H2,1-2H3. The summed E-state index contributed by atoms with van der Waals surface area (Å²) >= 11 is 1.67. The lowest BCUT2D eigenvalue weighted by Crippen LogP contribution is -1.96. The minimum Gasteiger partial charge on any atom is -0.294 e. The number of hydrogen-bond donors (Lipinski definition) is 0. The molecule has 0 aliphatic heterocycles. The highest BCUT2D eigenvalue weighted by Gasteiger charge is 2.06. The zero-order chi connectivity index (χ0) is 13.9. The van der Waals surface area contributed by atoms with Crippen molar-refractivity contribution in [2.24, 2.45) is 0 Å². The van der Waals surface area contributed by atoms with Crippen LogP contribution in [0.5, 0.6) is 0 Å². The molecule has 0 atom stereocenters. The van der Waals surface area contributed by atoms with Crippen molar-refractivity contribution in [1.82, 2.24) is 0 Å². The summed E-state index contributed by atoms with van der Waals surface area (Å²) in [6, 6.07) is 2.01. The molecule has 0 fully saturated rings. The Kier molecular flexibility index (Phi) is 8.81. The van der Waals surface area contributed by atoms with Crippen molar-refractivity contribution in [2.45, 2.75) is 78.1 Å². The number of unbranched alkanes of at least 4 members (excludes halogenated alkanes) is 8. The molecule has 0 saturated carbocycles. The summed E-state index contributed by atoms with van der Waals surface area (Å²) in [5.41, 5.74) is 0.919. The van der Waals surface area contributed by atoms with Crippen LogP contribution in [0.4, 0.5) is 0 Å². The molecule has 1 heterocycles. The van der Waals surface area contributed by atoms with Gasteiger partial charge in [0.25, 0.3) is 0 Å². The fourth-order valence-corrected chi connectivity index (χ4v) is 3.04. The molecule has 108 valence electrons. The molecule has 0 amide bonds. The summed E-state index contributed by atoms with van der Waals surface area (Å²) < 4.78 is 0. The predicted molar refractivity (Wildman–Crippen MR) is 85.2 cm³/mol. The Labute approximate surface area is 122 Å². The Morgan fingerprint density at radius 2 is 1.58 bits per heavy atom. The van der Waals surface area contributed by atoms with Crippen molar-refractivity contribution in [3.63, 3.8) is 0 Å². The smallest absolute Gasteiger partial charge is 0.163 e. The average Bonchev–Trinajstić information content (AvgIpc) is 2.83. The topological polar surface area (TPSA) is 17.1 Å². The summed E-state index contributed by atoms with van der Waals surface area (Å²) in [5, 5.41) is 1.99. The first-order valence-electron chi connectivity index (χ1n) is 7.82. The summed E-state index contributed by atoms with van der Waals surface area (Å²) in [6.45, 7) is 4.31. The molecule has 0 aliphatic rings. The molecule has 0 unspecified atom stereocenters. The van der Waals surface area contributed by atoms with Gasteiger partial charge in [0.2, 0.25) is 0 Å². The summed E-state index contributed by atoms with van der Waals surface area (Å²) in [6.07, 6.45) is 12.5. The third-order valence-electron chi connectivity index (χ3n) is 3.56. The highest BCUT2D eigenvalue weighted by atomic mass is 32.1. The summed E-state index contributed by atoms with van der Waals surface area (Å²) in [4.78, 5) is 13.1. The average molecular weight is 280 g/mol. The molecule has 0 radical (unpaired) electrons.